The van der Waals surface area contributed by atoms with Crippen LogP contribution in [0.1, 0.15) is 5.56 Å². The van der Waals surface area contributed by atoms with Crippen molar-refractivity contribution in [3.05, 3.63) is 30.0 Å². The van der Waals surface area contributed by atoms with Gasteiger partial charge in [0.2, 0.25) is 0 Å². The van der Waals surface area contributed by atoms with E-state index in [1.165, 1.54) is 0 Å². The number of carboxylic acids is 1. The zero-order chi connectivity index (χ0) is 12.4. The first kappa shape index (κ1) is 11.5. The smallest absolute Gasteiger partial charge is 0.321 e. The van der Waals surface area contributed by atoms with E-state index in [-0.39, 0.29) is 5.75 Å². The van der Waals surface area contributed by atoms with Crippen LogP contribution in [0, 0.1) is 0 Å². The number of phenols is 1. The van der Waals surface area contributed by atoms with Crippen molar-refractivity contribution >= 4 is 16.9 Å². The molecule has 5 heteroatoms. The van der Waals surface area contributed by atoms with E-state index in [2.05, 4.69) is 10.3 Å². The zero-order valence-corrected chi connectivity index (χ0v) is 9.40. The predicted molar refractivity (Wildman–Crippen MR) is 64.2 cm³/mol. The molecule has 0 saturated heterocycles. The van der Waals surface area contributed by atoms with Crippen molar-refractivity contribution < 1.29 is 15.0 Å². The van der Waals surface area contributed by atoms with Crippen LogP contribution in [0.3, 0.4) is 0 Å². The van der Waals surface area contributed by atoms with E-state index in [0.717, 1.165) is 16.5 Å². The highest BCUT2D eigenvalue weighted by atomic mass is 16.4. The third-order valence-electron chi connectivity index (χ3n) is 2.82. The van der Waals surface area contributed by atoms with E-state index in [1.54, 1.807) is 31.4 Å². The highest BCUT2D eigenvalue weighted by Gasteiger charge is 2.17. The number of aromatic nitrogens is 1. The summed E-state index contributed by atoms with van der Waals surface area (Å²) in [5, 5.41) is 22.0. The number of hydrogen-bond acceptors (Lipinski definition) is 3. The highest BCUT2D eigenvalue weighted by Crippen LogP contribution is 2.23. The Kier molecular flexibility index (Phi) is 3.01. The van der Waals surface area contributed by atoms with Crippen LogP contribution in [0.5, 0.6) is 5.75 Å². The van der Waals surface area contributed by atoms with Gasteiger partial charge in [0.15, 0.2) is 0 Å². The molecule has 1 heterocycles. The first-order chi connectivity index (χ1) is 8.11. The number of carboxylic acid groups (broad SMARTS) is 1. The van der Waals surface area contributed by atoms with Crippen molar-refractivity contribution in [1.82, 2.24) is 10.3 Å². The Morgan fingerprint density at radius 3 is 2.94 bits per heavy atom. The molecule has 5 nitrogen and oxygen atoms in total. The maximum absolute atomic E-state index is 10.9. The SMILES string of the molecule is CN[C@@H](Cc1c[nH]c2ccc(O)cc12)C(=O)O. The number of likely N-dealkylation sites (N-methyl/N-ethyl adjacent to an activating group) is 1. The predicted octanol–water partition coefficient (Wildman–Crippen LogP) is 1.09. The van der Waals surface area contributed by atoms with Crippen molar-refractivity contribution in [2.24, 2.45) is 0 Å². The number of carbonyl (C=O) groups is 1. The molecule has 0 aliphatic rings. The molecule has 0 amide bonds. The Hall–Kier alpha value is -2.01. The lowest BCUT2D eigenvalue weighted by molar-refractivity contribution is -0.139. The summed E-state index contributed by atoms with van der Waals surface area (Å²) in [7, 11) is 1.62. The maximum Gasteiger partial charge on any atom is 0.321 e. The molecule has 0 spiro atoms. The minimum absolute atomic E-state index is 0.176. The normalized spacial score (nSPS) is 12.8. The lowest BCUT2D eigenvalue weighted by atomic mass is 10.1. The van der Waals surface area contributed by atoms with Gasteiger partial charge < -0.3 is 20.5 Å². The molecule has 0 unspecified atom stereocenters. The van der Waals surface area contributed by atoms with Gasteiger partial charge >= 0.3 is 5.97 Å². The van der Waals surface area contributed by atoms with Gasteiger partial charge in [0.05, 0.1) is 0 Å². The molecule has 0 aliphatic carbocycles. The fourth-order valence-corrected chi connectivity index (χ4v) is 1.87. The van der Waals surface area contributed by atoms with Gasteiger partial charge in [0.1, 0.15) is 11.8 Å². The average Bonchev–Trinajstić information content (AvgIpc) is 2.68. The number of fused-ring (bicyclic) bond motifs is 1. The molecule has 1 atom stereocenters. The van der Waals surface area contributed by atoms with Crippen molar-refractivity contribution in [2.75, 3.05) is 7.05 Å². The van der Waals surface area contributed by atoms with E-state index < -0.39 is 12.0 Å². The lowest BCUT2D eigenvalue weighted by Crippen LogP contribution is -2.35. The molecule has 0 fully saturated rings. The van der Waals surface area contributed by atoms with Crippen molar-refractivity contribution in [2.45, 2.75) is 12.5 Å². The summed E-state index contributed by atoms with van der Waals surface area (Å²) in [5.41, 5.74) is 1.76. The van der Waals surface area contributed by atoms with E-state index in [9.17, 15) is 9.90 Å². The fourth-order valence-electron chi connectivity index (χ4n) is 1.87. The molecule has 0 radical (unpaired) electrons. The highest BCUT2D eigenvalue weighted by molar-refractivity contribution is 5.85. The van der Waals surface area contributed by atoms with Crippen LogP contribution in [-0.2, 0) is 11.2 Å². The number of hydrogen-bond donors (Lipinski definition) is 4. The van der Waals surface area contributed by atoms with Crippen LogP contribution < -0.4 is 5.32 Å². The summed E-state index contributed by atoms with van der Waals surface area (Å²) in [6.07, 6.45) is 2.15. The van der Waals surface area contributed by atoms with Gasteiger partial charge in [-0.05, 0) is 30.8 Å². The monoisotopic (exact) mass is 234 g/mol. The molecule has 90 valence electrons. The number of nitrogens with one attached hydrogen (secondary N) is 2. The Labute approximate surface area is 98.1 Å². The number of aromatic amines is 1. The second-order valence-electron chi connectivity index (χ2n) is 3.93. The van der Waals surface area contributed by atoms with E-state index in [0.29, 0.717) is 6.42 Å². The molecule has 2 rings (SSSR count). The largest absolute Gasteiger partial charge is 0.508 e. The molecule has 0 bridgehead atoms. The fraction of sp³-hybridized carbons (Fsp3) is 0.250. The van der Waals surface area contributed by atoms with Crippen molar-refractivity contribution in [3.8, 4) is 5.75 Å². The Morgan fingerprint density at radius 2 is 2.29 bits per heavy atom. The van der Waals surface area contributed by atoms with E-state index in [4.69, 9.17) is 5.11 Å². The lowest BCUT2D eigenvalue weighted by Gasteiger charge is -2.09. The number of phenolic OH excluding ortho intramolecular Hbond substituents is 1. The quantitative estimate of drug-likeness (QED) is 0.638. The Balaban J connectivity index is 2.35. The van der Waals surface area contributed by atoms with Gasteiger partial charge in [-0.3, -0.25) is 4.79 Å². The third kappa shape index (κ3) is 2.24. The van der Waals surface area contributed by atoms with Crippen LogP contribution in [0.15, 0.2) is 24.4 Å². The zero-order valence-electron chi connectivity index (χ0n) is 9.40. The summed E-state index contributed by atoms with van der Waals surface area (Å²) < 4.78 is 0. The second kappa shape index (κ2) is 4.47. The summed E-state index contributed by atoms with van der Waals surface area (Å²) in [6.45, 7) is 0. The van der Waals surface area contributed by atoms with E-state index in [1.807, 2.05) is 0 Å². The summed E-state index contributed by atoms with van der Waals surface area (Å²) in [6, 6.07) is 4.37. The number of rotatable bonds is 4. The Morgan fingerprint density at radius 1 is 1.53 bits per heavy atom. The van der Waals surface area contributed by atoms with Gasteiger partial charge in [-0.1, -0.05) is 0 Å². The first-order valence-electron chi connectivity index (χ1n) is 5.31. The van der Waals surface area contributed by atoms with Crippen LogP contribution in [-0.4, -0.2) is 34.3 Å². The summed E-state index contributed by atoms with van der Waals surface area (Å²) >= 11 is 0. The second-order valence-corrected chi connectivity index (χ2v) is 3.93. The molecule has 1 aromatic carbocycles. The van der Waals surface area contributed by atoms with Crippen molar-refractivity contribution in [3.63, 3.8) is 0 Å². The van der Waals surface area contributed by atoms with Gasteiger partial charge in [-0.15, -0.1) is 0 Å². The minimum atomic E-state index is -0.887. The van der Waals surface area contributed by atoms with Crippen LogP contribution in [0.4, 0.5) is 0 Å². The summed E-state index contributed by atoms with van der Waals surface area (Å²) in [4.78, 5) is 14.0. The van der Waals surface area contributed by atoms with E-state index >= 15 is 0 Å². The molecular weight excluding hydrogens is 220 g/mol. The first-order valence-corrected chi connectivity index (χ1v) is 5.31. The summed E-state index contributed by atoms with van der Waals surface area (Å²) in [5.74, 6) is -0.711. The Bertz CT molecular complexity index is 548. The number of H-pyrrole nitrogens is 1. The van der Waals surface area contributed by atoms with Crippen LogP contribution >= 0.6 is 0 Å². The molecule has 0 saturated carbocycles. The topological polar surface area (TPSA) is 85.4 Å². The average molecular weight is 234 g/mol. The molecular formula is C12H14N2O3. The molecule has 17 heavy (non-hydrogen) atoms. The minimum Gasteiger partial charge on any atom is -0.508 e. The van der Waals surface area contributed by atoms with Gasteiger partial charge in [0, 0.05) is 23.5 Å². The molecule has 0 aliphatic heterocycles. The molecule has 4 N–H and O–H groups in total. The van der Waals surface area contributed by atoms with Gasteiger partial charge in [-0.2, -0.15) is 0 Å². The van der Waals surface area contributed by atoms with Crippen LogP contribution in [0.25, 0.3) is 10.9 Å². The van der Waals surface area contributed by atoms with Crippen LogP contribution in [0.2, 0.25) is 0 Å². The molecule has 2 aromatic rings. The van der Waals surface area contributed by atoms with Crippen molar-refractivity contribution in [1.29, 1.82) is 0 Å². The maximum atomic E-state index is 10.9. The van der Waals surface area contributed by atoms with Gasteiger partial charge in [-0.25, -0.2) is 0 Å². The van der Waals surface area contributed by atoms with Gasteiger partial charge in [0.25, 0.3) is 0 Å². The standard InChI is InChI=1S/C12H14N2O3/c1-13-11(12(16)17)4-7-6-14-10-3-2-8(15)5-9(7)10/h2-3,5-6,11,13-15H,4H2,1H3,(H,16,17)/t11-/m0/s1. The third-order valence-corrected chi connectivity index (χ3v) is 2.82. The number of aliphatic carboxylic acids is 1. The number of benzene rings is 1. The number of aromatic hydroxyl groups is 1. The molecule has 1 aromatic heterocycles.